The van der Waals surface area contributed by atoms with Crippen molar-refractivity contribution in [3.05, 3.63) is 59.6 Å². The minimum atomic E-state index is -0.0341. The molecular weight excluding hydrogens is 316 g/mol. The molecular formula is C20H28N2O3. The molecule has 136 valence electrons. The number of methoxy groups -OCH3 is 2. The Kier molecular flexibility index (Phi) is 7.07. The number of hydrogen-bond acceptors (Lipinski definition) is 4. The summed E-state index contributed by atoms with van der Waals surface area (Å²) in [6.07, 6.45) is 5.20. The normalized spacial score (nSPS) is 23.6. The van der Waals surface area contributed by atoms with E-state index in [4.69, 9.17) is 19.3 Å². The molecule has 0 amide bonds. The molecule has 0 saturated carbocycles. The van der Waals surface area contributed by atoms with Gasteiger partial charge in [0.25, 0.3) is 0 Å². The fourth-order valence-corrected chi connectivity index (χ4v) is 2.66. The van der Waals surface area contributed by atoms with Crippen LogP contribution < -0.4 is 5.48 Å². The van der Waals surface area contributed by atoms with Crippen LogP contribution in [0.4, 0.5) is 0 Å². The van der Waals surface area contributed by atoms with E-state index in [1.165, 1.54) is 5.56 Å². The van der Waals surface area contributed by atoms with Crippen LogP contribution in [0.2, 0.25) is 0 Å². The molecule has 1 unspecified atom stereocenters. The maximum Gasteiger partial charge on any atom is 0.156 e. The van der Waals surface area contributed by atoms with Gasteiger partial charge in [0, 0.05) is 5.41 Å². The summed E-state index contributed by atoms with van der Waals surface area (Å²) in [6.45, 7) is 5.50. The Hall–Kier alpha value is -2.27. The quantitative estimate of drug-likeness (QED) is 0.854. The SMILES string of the molecule is CCC(C)(CN=C1C/C(OC)=C(OC)\C=C/CON1)c1ccccc1. The predicted octanol–water partition coefficient (Wildman–Crippen LogP) is 3.74. The molecule has 0 saturated heterocycles. The second-order valence-corrected chi connectivity index (χ2v) is 6.23. The van der Waals surface area contributed by atoms with Gasteiger partial charge < -0.3 is 9.47 Å². The van der Waals surface area contributed by atoms with Gasteiger partial charge in [0.15, 0.2) is 5.76 Å². The molecule has 0 aromatic heterocycles. The third kappa shape index (κ3) is 5.10. The van der Waals surface area contributed by atoms with E-state index in [9.17, 15) is 0 Å². The van der Waals surface area contributed by atoms with E-state index in [-0.39, 0.29) is 5.41 Å². The van der Waals surface area contributed by atoms with Crippen LogP contribution in [0.5, 0.6) is 0 Å². The number of amidine groups is 1. The number of aliphatic imine (C=N–C) groups is 1. The van der Waals surface area contributed by atoms with Gasteiger partial charge in [0.1, 0.15) is 11.6 Å². The van der Waals surface area contributed by atoms with Crippen molar-refractivity contribution in [2.75, 3.05) is 27.4 Å². The Bertz CT molecular complexity index is 638. The van der Waals surface area contributed by atoms with Crippen LogP contribution in [-0.2, 0) is 19.7 Å². The summed E-state index contributed by atoms with van der Waals surface area (Å²) in [7, 11) is 3.27. The van der Waals surface area contributed by atoms with E-state index in [0.717, 1.165) is 12.3 Å². The third-order valence-corrected chi connectivity index (χ3v) is 4.58. The van der Waals surface area contributed by atoms with E-state index < -0.39 is 0 Å². The van der Waals surface area contributed by atoms with Gasteiger partial charge in [-0.05, 0) is 18.1 Å². The van der Waals surface area contributed by atoms with Crippen LogP contribution in [-0.4, -0.2) is 33.2 Å². The molecule has 5 heteroatoms. The molecule has 2 rings (SSSR count). The summed E-state index contributed by atoms with van der Waals surface area (Å²) in [5.74, 6) is 2.13. The number of nitrogens with one attached hydrogen (secondary N) is 1. The van der Waals surface area contributed by atoms with Crippen LogP contribution in [0.1, 0.15) is 32.3 Å². The summed E-state index contributed by atoms with van der Waals surface area (Å²) in [5.41, 5.74) is 4.20. The molecule has 0 radical (unpaired) electrons. The molecule has 1 atom stereocenters. The van der Waals surface area contributed by atoms with E-state index in [1.807, 2.05) is 18.2 Å². The molecule has 1 aliphatic heterocycles. The molecule has 1 heterocycles. The van der Waals surface area contributed by atoms with Crippen molar-refractivity contribution in [3.63, 3.8) is 0 Å². The van der Waals surface area contributed by atoms with Gasteiger partial charge in [-0.2, -0.15) is 0 Å². The number of nitrogens with zero attached hydrogens (tertiary/aromatic N) is 1. The lowest BCUT2D eigenvalue weighted by atomic mass is 9.80. The Balaban J connectivity index is 2.23. The molecule has 25 heavy (non-hydrogen) atoms. The highest BCUT2D eigenvalue weighted by atomic mass is 16.6. The molecule has 5 nitrogen and oxygen atoms in total. The van der Waals surface area contributed by atoms with Crippen molar-refractivity contribution in [1.29, 1.82) is 0 Å². The van der Waals surface area contributed by atoms with Gasteiger partial charge in [0.05, 0.1) is 33.8 Å². The second-order valence-electron chi connectivity index (χ2n) is 6.23. The highest BCUT2D eigenvalue weighted by Gasteiger charge is 2.24. The van der Waals surface area contributed by atoms with Crippen molar-refractivity contribution in [2.45, 2.75) is 32.1 Å². The molecule has 1 aliphatic rings. The number of hydroxylamine groups is 1. The van der Waals surface area contributed by atoms with E-state index >= 15 is 0 Å². The Labute approximate surface area is 150 Å². The number of benzene rings is 1. The highest BCUT2D eigenvalue weighted by molar-refractivity contribution is 5.83. The molecule has 0 fully saturated rings. The van der Waals surface area contributed by atoms with Crippen molar-refractivity contribution in [1.82, 2.24) is 5.48 Å². The molecule has 0 bridgehead atoms. The average Bonchev–Trinajstić information content (AvgIpc) is 2.76. The topological polar surface area (TPSA) is 52.1 Å². The summed E-state index contributed by atoms with van der Waals surface area (Å²) >= 11 is 0. The Morgan fingerprint density at radius 1 is 1.20 bits per heavy atom. The largest absolute Gasteiger partial charge is 0.497 e. The lowest BCUT2D eigenvalue weighted by Gasteiger charge is -2.27. The standard InChI is InChI=1S/C20H28N2O3/c1-5-20(2,16-10-7-6-8-11-16)15-21-19-14-18(24-4)17(23-3)12-9-13-25-22-19/h6-12H,5,13-15H2,1-4H3,(H,21,22)/b12-9-,18-17-. The lowest BCUT2D eigenvalue weighted by Crippen LogP contribution is -2.29. The van der Waals surface area contributed by atoms with Crippen molar-refractivity contribution >= 4 is 5.84 Å². The van der Waals surface area contributed by atoms with Crippen LogP contribution >= 0.6 is 0 Å². The molecule has 0 spiro atoms. The Morgan fingerprint density at radius 2 is 1.96 bits per heavy atom. The number of ether oxygens (including phenoxy) is 2. The molecule has 1 aromatic carbocycles. The first-order valence-electron chi connectivity index (χ1n) is 8.57. The Morgan fingerprint density at radius 3 is 2.60 bits per heavy atom. The van der Waals surface area contributed by atoms with Gasteiger partial charge in [0.2, 0.25) is 0 Å². The summed E-state index contributed by atoms with van der Waals surface area (Å²) in [5, 5.41) is 0. The zero-order valence-electron chi connectivity index (χ0n) is 15.5. The van der Waals surface area contributed by atoms with E-state index in [2.05, 4.69) is 43.6 Å². The molecule has 0 aliphatic carbocycles. The smallest absolute Gasteiger partial charge is 0.156 e. The number of allylic oxidation sites excluding steroid dienone is 1. The first kappa shape index (κ1) is 19.1. The van der Waals surface area contributed by atoms with Gasteiger partial charge in [-0.3, -0.25) is 15.3 Å². The summed E-state index contributed by atoms with van der Waals surface area (Å²) in [6, 6.07) is 10.5. The predicted molar refractivity (Wildman–Crippen MR) is 100 cm³/mol. The van der Waals surface area contributed by atoms with Crippen LogP contribution in [0, 0.1) is 0 Å². The maximum absolute atomic E-state index is 5.49. The van der Waals surface area contributed by atoms with E-state index in [1.54, 1.807) is 14.2 Å². The lowest BCUT2D eigenvalue weighted by molar-refractivity contribution is 0.108. The van der Waals surface area contributed by atoms with Gasteiger partial charge >= 0.3 is 0 Å². The second kappa shape index (κ2) is 9.28. The maximum atomic E-state index is 5.49. The summed E-state index contributed by atoms with van der Waals surface area (Å²) in [4.78, 5) is 10.2. The van der Waals surface area contributed by atoms with Crippen LogP contribution in [0.25, 0.3) is 0 Å². The number of rotatable bonds is 6. The van der Waals surface area contributed by atoms with E-state index in [0.29, 0.717) is 31.1 Å². The number of hydrogen-bond donors (Lipinski definition) is 1. The fraction of sp³-hybridized carbons (Fsp3) is 0.450. The third-order valence-electron chi connectivity index (χ3n) is 4.58. The first-order chi connectivity index (χ1) is 12.1. The minimum Gasteiger partial charge on any atom is -0.497 e. The first-order valence-corrected chi connectivity index (χ1v) is 8.57. The van der Waals surface area contributed by atoms with Gasteiger partial charge in [-0.25, -0.2) is 0 Å². The van der Waals surface area contributed by atoms with Crippen molar-refractivity contribution in [3.8, 4) is 0 Å². The summed E-state index contributed by atoms with van der Waals surface area (Å²) < 4.78 is 10.9. The fourth-order valence-electron chi connectivity index (χ4n) is 2.66. The molecule has 1 N–H and O–H groups in total. The van der Waals surface area contributed by atoms with Gasteiger partial charge in [-0.15, -0.1) is 0 Å². The minimum absolute atomic E-state index is 0.0341. The van der Waals surface area contributed by atoms with Crippen LogP contribution in [0.3, 0.4) is 0 Å². The highest BCUT2D eigenvalue weighted by Crippen LogP contribution is 2.28. The van der Waals surface area contributed by atoms with Gasteiger partial charge in [-0.1, -0.05) is 50.3 Å². The monoisotopic (exact) mass is 344 g/mol. The van der Waals surface area contributed by atoms with Crippen LogP contribution in [0.15, 0.2) is 59.0 Å². The average molecular weight is 344 g/mol. The van der Waals surface area contributed by atoms with Crippen molar-refractivity contribution in [2.24, 2.45) is 4.99 Å². The molecule has 1 aromatic rings. The zero-order valence-corrected chi connectivity index (χ0v) is 15.5. The van der Waals surface area contributed by atoms with Crippen molar-refractivity contribution < 1.29 is 14.3 Å². The zero-order chi connectivity index (χ0) is 18.1.